The van der Waals surface area contributed by atoms with Crippen molar-refractivity contribution in [3.05, 3.63) is 10.1 Å². The molecule has 8 heteroatoms. The van der Waals surface area contributed by atoms with Crippen molar-refractivity contribution in [2.45, 2.75) is 40.3 Å². The van der Waals surface area contributed by atoms with Gasteiger partial charge in [0, 0.05) is 32.2 Å². The maximum atomic E-state index is 11.0. The highest BCUT2D eigenvalue weighted by Gasteiger charge is 2.37. The molecule has 8 nitrogen and oxygen atoms in total. The van der Waals surface area contributed by atoms with E-state index in [9.17, 15) is 10.1 Å². The number of hydrogen-bond acceptors (Lipinski definition) is 4. The Labute approximate surface area is 143 Å². The highest BCUT2D eigenvalue weighted by molar-refractivity contribution is 5.81. The van der Waals surface area contributed by atoms with Gasteiger partial charge in [0.25, 0.3) is 5.96 Å². The fourth-order valence-electron chi connectivity index (χ4n) is 3.20. The van der Waals surface area contributed by atoms with Crippen LogP contribution in [0.2, 0.25) is 0 Å². The molecule has 3 atom stereocenters. The van der Waals surface area contributed by atoms with Gasteiger partial charge in [0.05, 0.1) is 13.2 Å². The second-order valence-electron chi connectivity index (χ2n) is 7.14. The zero-order valence-corrected chi connectivity index (χ0v) is 15.2. The first-order chi connectivity index (χ1) is 11.4. The highest BCUT2D eigenvalue weighted by Crippen LogP contribution is 2.24. The van der Waals surface area contributed by atoms with E-state index >= 15 is 0 Å². The van der Waals surface area contributed by atoms with Gasteiger partial charge in [-0.2, -0.15) is 0 Å². The molecule has 138 valence electrons. The van der Waals surface area contributed by atoms with Crippen LogP contribution >= 0.6 is 0 Å². The summed E-state index contributed by atoms with van der Waals surface area (Å²) < 4.78 is 11.5. The molecule has 0 saturated carbocycles. The first kappa shape index (κ1) is 18.9. The highest BCUT2D eigenvalue weighted by atomic mass is 16.7. The Morgan fingerprint density at radius 1 is 1.42 bits per heavy atom. The van der Waals surface area contributed by atoms with E-state index in [1.54, 1.807) is 0 Å². The van der Waals surface area contributed by atoms with Crippen LogP contribution < -0.4 is 0 Å². The third-order valence-electron chi connectivity index (χ3n) is 4.61. The van der Waals surface area contributed by atoms with E-state index in [1.165, 1.54) is 0 Å². The number of hydrogen-bond donors (Lipinski definition) is 0. The van der Waals surface area contributed by atoms with Gasteiger partial charge in [0.1, 0.15) is 11.3 Å². The zero-order chi connectivity index (χ0) is 17.7. The van der Waals surface area contributed by atoms with Crippen molar-refractivity contribution in [2.24, 2.45) is 22.9 Å². The lowest BCUT2D eigenvalue weighted by Crippen LogP contribution is -2.44. The van der Waals surface area contributed by atoms with Crippen LogP contribution in [-0.2, 0) is 9.47 Å². The molecule has 0 N–H and O–H groups in total. The molecule has 0 aromatic heterocycles. The molecule has 24 heavy (non-hydrogen) atoms. The quantitative estimate of drug-likeness (QED) is 0.495. The molecule has 0 amide bonds. The average molecular weight is 342 g/mol. The molecule has 2 heterocycles. The number of guanidine groups is 1. The Kier molecular flexibility index (Phi) is 6.79. The van der Waals surface area contributed by atoms with Crippen LogP contribution in [0, 0.1) is 27.9 Å². The Bertz CT molecular complexity index is 457. The van der Waals surface area contributed by atoms with Crippen molar-refractivity contribution < 1.29 is 14.5 Å². The number of ether oxygens (including phenoxy) is 2. The van der Waals surface area contributed by atoms with Crippen molar-refractivity contribution in [3.63, 3.8) is 0 Å². The Morgan fingerprint density at radius 2 is 2.17 bits per heavy atom. The molecule has 0 aromatic rings. The van der Waals surface area contributed by atoms with Crippen molar-refractivity contribution in [1.82, 2.24) is 9.80 Å². The monoisotopic (exact) mass is 342 g/mol. The number of hydrazone groups is 1. The fraction of sp³-hybridized carbons (Fsp3) is 0.938. The van der Waals surface area contributed by atoms with Crippen LogP contribution in [-0.4, -0.2) is 66.5 Å². The van der Waals surface area contributed by atoms with Gasteiger partial charge >= 0.3 is 0 Å². The van der Waals surface area contributed by atoms with Crippen LogP contribution in [0.1, 0.15) is 34.1 Å². The molecule has 0 bridgehead atoms. The van der Waals surface area contributed by atoms with E-state index in [2.05, 4.69) is 25.9 Å². The van der Waals surface area contributed by atoms with E-state index in [0.29, 0.717) is 43.5 Å². The van der Waals surface area contributed by atoms with E-state index < -0.39 is 5.03 Å². The molecule has 2 rings (SSSR count). The average Bonchev–Trinajstić information content (AvgIpc) is 3.08. The first-order valence-electron chi connectivity index (χ1n) is 8.86. The summed E-state index contributed by atoms with van der Waals surface area (Å²) in [6.45, 7) is 12.7. The standard InChI is InChI=1S/C16H30N4O4/c1-5-15(24-9-12(2)3)19-7-6-18(16(19)17-20(21)22)8-14-11-23-10-13(14)4/h12-15H,5-11H2,1-4H3. The summed E-state index contributed by atoms with van der Waals surface area (Å²) in [6.07, 6.45) is 0.591. The minimum absolute atomic E-state index is 0.173. The van der Waals surface area contributed by atoms with Crippen molar-refractivity contribution >= 4 is 5.96 Å². The van der Waals surface area contributed by atoms with Gasteiger partial charge in [0.15, 0.2) is 5.03 Å². The van der Waals surface area contributed by atoms with Gasteiger partial charge in [-0.25, -0.2) is 10.1 Å². The van der Waals surface area contributed by atoms with E-state index in [0.717, 1.165) is 26.1 Å². The van der Waals surface area contributed by atoms with Gasteiger partial charge in [-0.05, 0) is 18.3 Å². The maximum absolute atomic E-state index is 11.0. The molecule has 0 spiro atoms. The lowest BCUT2D eigenvalue weighted by atomic mass is 9.98. The smallest absolute Gasteiger partial charge is 0.276 e. The van der Waals surface area contributed by atoms with E-state index in [-0.39, 0.29) is 6.23 Å². The molecule has 3 unspecified atom stereocenters. The van der Waals surface area contributed by atoms with Gasteiger partial charge in [-0.15, -0.1) is 0 Å². The van der Waals surface area contributed by atoms with Crippen LogP contribution in [0.3, 0.4) is 0 Å². The zero-order valence-electron chi connectivity index (χ0n) is 15.2. The topological polar surface area (TPSA) is 80.4 Å². The summed E-state index contributed by atoms with van der Waals surface area (Å²) in [7, 11) is 0. The largest absolute Gasteiger partial charge is 0.381 e. The summed E-state index contributed by atoms with van der Waals surface area (Å²) in [6, 6.07) is 0. The lowest BCUT2D eigenvalue weighted by molar-refractivity contribution is -0.486. The van der Waals surface area contributed by atoms with Crippen LogP contribution in [0.25, 0.3) is 0 Å². The third-order valence-corrected chi connectivity index (χ3v) is 4.61. The Balaban J connectivity index is 2.09. The fourth-order valence-corrected chi connectivity index (χ4v) is 3.20. The predicted octanol–water partition coefficient (Wildman–Crippen LogP) is 1.84. The van der Waals surface area contributed by atoms with Gasteiger partial charge in [0.2, 0.25) is 0 Å². The number of nitrogens with zero attached hydrogens (tertiary/aromatic N) is 4. The predicted molar refractivity (Wildman–Crippen MR) is 91.1 cm³/mol. The number of nitro groups is 1. The summed E-state index contributed by atoms with van der Waals surface area (Å²) in [5.74, 6) is 1.70. The van der Waals surface area contributed by atoms with Crippen LogP contribution in [0.15, 0.2) is 5.10 Å². The van der Waals surface area contributed by atoms with E-state index in [4.69, 9.17) is 9.47 Å². The van der Waals surface area contributed by atoms with Crippen molar-refractivity contribution in [3.8, 4) is 0 Å². The summed E-state index contributed by atoms with van der Waals surface area (Å²) in [5.41, 5.74) is 0. The summed E-state index contributed by atoms with van der Waals surface area (Å²) in [4.78, 5) is 15.0. The van der Waals surface area contributed by atoms with Crippen LogP contribution in [0.5, 0.6) is 0 Å². The second-order valence-corrected chi connectivity index (χ2v) is 7.14. The van der Waals surface area contributed by atoms with Gasteiger partial charge in [-0.3, -0.25) is 0 Å². The molecule has 0 aliphatic carbocycles. The first-order valence-corrected chi connectivity index (χ1v) is 8.86. The van der Waals surface area contributed by atoms with Crippen molar-refractivity contribution in [2.75, 3.05) is 39.5 Å². The molecule has 2 aliphatic rings. The maximum Gasteiger partial charge on any atom is 0.276 e. The molecule has 0 aromatic carbocycles. The lowest BCUT2D eigenvalue weighted by Gasteiger charge is -2.30. The number of rotatable bonds is 8. The minimum atomic E-state index is -0.607. The second kappa shape index (κ2) is 8.62. The van der Waals surface area contributed by atoms with E-state index in [1.807, 2.05) is 16.7 Å². The van der Waals surface area contributed by atoms with Crippen molar-refractivity contribution in [1.29, 1.82) is 0 Å². The third kappa shape index (κ3) is 4.80. The van der Waals surface area contributed by atoms with Gasteiger partial charge < -0.3 is 19.3 Å². The summed E-state index contributed by atoms with van der Waals surface area (Å²) in [5, 5.41) is 14.1. The molecular weight excluding hydrogens is 312 g/mol. The Hall–Kier alpha value is -1.41. The summed E-state index contributed by atoms with van der Waals surface area (Å²) >= 11 is 0. The molecule has 2 fully saturated rings. The minimum Gasteiger partial charge on any atom is -0.381 e. The normalized spacial score (nSPS) is 27.5. The van der Waals surface area contributed by atoms with Crippen LogP contribution in [0.4, 0.5) is 0 Å². The molecule has 2 aliphatic heterocycles. The molecule has 0 radical (unpaired) electrons. The van der Waals surface area contributed by atoms with Gasteiger partial charge in [-0.1, -0.05) is 27.7 Å². The molecular formula is C16H30N4O4. The molecule has 2 saturated heterocycles. The SMILES string of the molecule is CCC(OCC(C)C)N1CCN(CC2COCC2C)C1=N[N+](=O)[O-]. The Morgan fingerprint density at radius 3 is 2.71 bits per heavy atom.